The molecule has 2 aromatic rings. The maximum Gasteiger partial charge on any atom is 0.417 e. The summed E-state index contributed by atoms with van der Waals surface area (Å²) in [6, 6.07) is 10.3. The van der Waals surface area contributed by atoms with Crippen LogP contribution < -0.4 is 14.4 Å². The van der Waals surface area contributed by atoms with E-state index in [0.29, 0.717) is 23.7 Å². The first-order valence-corrected chi connectivity index (χ1v) is 10.7. The SMILES string of the molecule is COc1ccc(C2CCCCN2CCN(C)c2ccc(Cl)c(C(F)(F)F)c2)cc1OC. The van der Waals surface area contributed by atoms with Gasteiger partial charge in [0.15, 0.2) is 11.5 Å². The molecule has 2 aromatic carbocycles. The smallest absolute Gasteiger partial charge is 0.417 e. The molecule has 0 amide bonds. The Kier molecular flexibility index (Phi) is 7.59. The van der Waals surface area contributed by atoms with Crippen LogP contribution in [0.3, 0.4) is 0 Å². The molecule has 0 N–H and O–H groups in total. The summed E-state index contributed by atoms with van der Waals surface area (Å²) >= 11 is 5.75. The van der Waals surface area contributed by atoms with Gasteiger partial charge in [-0.3, -0.25) is 4.90 Å². The lowest BCUT2D eigenvalue weighted by Gasteiger charge is -2.37. The van der Waals surface area contributed by atoms with Crippen LogP contribution in [0.2, 0.25) is 5.02 Å². The summed E-state index contributed by atoms with van der Waals surface area (Å²) in [5, 5.41) is -0.283. The predicted molar refractivity (Wildman–Crippen MR) is 117 cm³/mol. The summed E-state index contributed by atoms with van der Waals surface area (Å²) in [6.45, 7) is 2.28. The van der Waals surface area contributed by atoms with Crippen LogP contribution in [0.4, 0.5) is 18.9 Å². The zero-order valence-electron chi connectivity index (χ0n) is 18.0. The van der Waals surface area contributed by atoms with Crippen LogP contribution in [-0.2, 0) is 6.18 Å². The van der Waals surface area contributed by atoms with Gasteiger partial charge >= 0.3 is 6.18 Å². The van der Waals surface area contributed by atoms with E-state index in [0.717, 1.165) is 44.0 Å². The maximum atomic E-state index is 13.2. The summed E-state index contributed by atoms with van der Waals surface area (Å²) in [4.78, 5) is 4.23. The highest BCUT2D eigenvalue weighted by molar-refractivity contribution is 6.31. The van der Waals surface area contributed by atoms with Crippen molar-refractivity contribution >= 4 is 17.3 Å². The van der Waals surface area contributed by atoms with Gasteiger partial charge in [-0.15, -0.1) is 0 Å². The van der Waals surface area contributed by atoms with Gasteiger partial charge in [-0.05, 0) is 55.3 Å². The Bertz CT molecular complexity index is 892. The molecule has 0 radical (unpaired) electrons. The van der Waals surface area contributed by atoms with E-state index in [1.807, 2.05) is 17.0 Å². The first kappa shape index (κ1) is 23.5. The van der Waals surface area contributed by atoms with E-state index in [2.05, 4.69) is 11.0 Å². The third-order valence-corrected chi connectivity index (χ3v) is 6.15. The highest BCUT2D eigenvalue weighted by atomic mass is 35.5. The number of nitrogens with zero attached hydrogens (tertiary/aromatic N) is 2. The molecule has 0 aromatic heterocycles. The quantitative estimate of drug-likeness (QED) is 0.507. The van der Waals surface area contributed by atoms with Gasteiger partial charge in [0.1, 0.15) is 0 Å². The first-order chi connectivity index (χ1) is 14.7. The fourth-order valence-corrected chi connectivity index (χ4v) is 4.30. The normalized spacial score (nSPS) is 17.5. The number of halogens is 4. The summed E-state index contributed by atoms with van der Waals surface area (Å²) in [5.41, 5.74) is 0.849. The highest BCUT2D eigenvalue weighted by Crippen LogP contribution is 2.38. The van der Waals surface area contributed by atoms with Crippen LogP contribution in [0.25, 0.3) is 0 Å². The number of hydrogen-bond acceptors (Lipinski definition) is 4. The standard InChI is InChI=1S/C23H28ClF3N2O2/c1-28(17-8-9-19(24)18(15-17)23(25,26)27)12-13-29-11-5-4-6-20(29)16-7-10-21(30-2)22(14-16)31-3/h7-10,14-15,20H,4-6,11-13H2,1-3H3. The van der Waals surface area contributed by atoms with Gasteiger partial charge in [0.2, 0.25) is 0 Å². The molecule has 0 saturated carbocycles. The minimum Gasteiger partial charge on any atom is -0.493 e. The second kappa shape index (κ2) is 10.0. The van der Waals surface area contributed by atoms with Gasteiger partial charge in [-0.1, -0.05) is 24.1 Å². The van der Waals surface area contributed by atoms with E-state index < -0.39 is 11.7 Å². The van der Waals surface area contributed by atoms with E-state index in [-0.39, 0.29) is 11.1 Å². The van der Waals surface area contributed by atoms with Crippen LogP contribution in [0, 0.1) is 0 Å². The van der Waals surface area contributed by atoms with Crippen molar-refractivity contribution in [2.75, 3.05) is 45.8 Å². The number of alkyl halides is 3. The molecule has 1 fully saturated rings. The van der Waals surface area contributed by atoms with Gasteiger partial charge < -0.3 is 14.4 Å². The third-order valence-electron chi connectivity index (χ3n) is 5.82. The molecule has 0 aliphatic carbocycles. The first-order valence-electron chi connectivity index (χ1n) is 10.3. The highest BCUT2D eigenvalue weighted by Gasteiger charge is 2.33. The monoisotopic (exact) mass is 456 g/mol. The average molecular weight is 457 g/mol. The van der Waals surface area contributed by atoms with Crippen LogP contribution in [0.1, 0.15) is 36.4 Å². The molecular weight excluding hydrogens is 429 g/mol. The molecule has 31 heavy (non-hydrogen) atoms. The Morgan fingerprint density at radius 3 is 2.48 bits per heavy atom. The van der Waals surface area contributed by atoms with Crippen LogP contribution in [-0.4, -0.2) is 45.8 Å². The van der Waals surface area contributed by atoms with Gasteiger partial charge in [-0.25, -0.2) is 0 Å². The molecule has 0 bridgehead atoms. The summed E-state index contributed by atoms with van der Waals surface area (Å²) in [6.07, 6.45) is -1.21. The number of piperidine rings is 1. The number of anilines is 1. The lowest BCUT2D eigenvalue weighted by atomic mass is 9.95. The van der Waals surface area contributed by atoms with Crippen molar-refractivity contribution in [3.63, 3.8) is 0 Å². The molecule has 1 unspecified atom stereocenters. The summed E-state index contributed by atoms with van der Waals surface area (Å²) in [7, 11) is 5.04. The Hall–Kier alpha value is -2.12. The van der Waals surface area contributed by atoms with Crippen molar-refractivity contribution in [3.05, 3.63) is 52.5 Å². The lowest BCUT2D eigenvalue weighted by Crippen LogP contribution is -2.39. The Morgan fingerprint density at radius 2 is 1.81 bits per heavy atom. The van der Waals surface area contributed by atoms with E-state index in [4.69, 9.17) is 21.1 Å². The molecule has 8 heteroatoms. The topological polar surface area (TPSA) is 24.9 Å². The number of ether oxygens (including phenoxy) is 2. The van der Waals surface area contributed by atoms with Gasteiger partial charge in [-0.2, -0.15) is 13.2 Å². The summed E-state index contributed by atoms with van der Waals surface area (Å²) < 4.78 is 50.4. The van der Waals surface area contributed by atoms with Gasteiger partial charge in [0, 0.05) is 31.9 Å². The van der Waals surface area contributed by atoms with E-state index in [1.165, 1.54) is 6.07 Å². The zero-order valence-corrected chi connectivity index (χ0v) is 18.8. The van der Waals surface area contributed by atoms with Crippen LogP contribution in [0.5, 0.6) is 11.5 Å². The Balaban J connectivity index is 1.73. The molecular formula is C23H28ClF3N2O2. The van der Waals surface area contributed by atoms with E-state index in [1.54, 1.807) is 27.3 Å². The fourth-order valence-electron chi connectivity index (χ4n) is 4.07. The number of benzene rings is 2. The number of hydrogen-bond donors (Lipinski definition) is 0. The second-order valence-electron chi connectivity index (χ2n) is 7.75. The maximum absolute atomic E-state index is 13.2. The number of rotatable bonds is 7. The van der Waals surface area contributed by atoms with Crippen molar-refractivity contribution in [3.8, 4) is 11.5 Å². The fraction of sp³-hybridized carbons (Fsp3) is 0.478. The molecule has 3 rings (SSSR count). The van der Waals surface area contributed by atoms with E-state index in [9.17, 15) is 13.2 Å². The van der Waals surface area contributed by atoms with Gasteiger partial charge in [0.25, 0.3) is 0 Å². The Morgan fingerprint density at radius 1 is 1.06 bits per heavy atom. The molecule has 1 heterocycles. The lowest BCUT2D eigenvalue weighted by molar-refractivity contribution is -0.137. The molecule has 1 atom stereocenters. The summed E-state index contributed by atoms with van der Waals surface area (Å²) in [5.74, 6) is 1.39. The number of likely N-dealkylation sites (tertiary alicyclic amines) is 1. The van der Waals surface area contributed by atoms with Crippen molar-refractivity contribution in [2.45, 2.75) is 31.5 Å². The number of likely N-dealkylation sites (N-methyl/N-ethyl adjacent to an activating group) is 1. The largest absolute Gasteiger partial charge is 0.493 e. The molecule has 1 aliphatic rings. The Labute approximate surface area is 186 Å². The van der Waals surface area contributed by atoms with Crippen molar-refractivity contribution < 1.29 is 22.6 Å². The average Bonchev–Trinajstić information content (AvgIpc) is 2.76. The van der Waals surface area contributed by atoms with Crippen molar-refractivity contribution in [2.24, 2.45) is 0 Å². The second-order valence-corrected chi connectivity index (χ2v) is 8.15. The molecule has 1 aliphatic heterocycles. The van der Waals surface area contributed by atoms with Crippen molar-refractivity contribution in [1.29, 1.82) is 0 Å². The van der Waals surface area contributed by atoms with Crippen molar-refractivity contribution in [1.82, 2.24) is 4.90 Å². The van der Waals surface area contributed by atoms with Crippen LogP contribution >= 0.6 is 11.6 Å². The molecule has 1 saturated heterocycles. The minimum absolute atomic E-state index is 0.234. The third kappa shape index (κ3) is 5.57. The van der Waals surface area contributed by atoms with Gasteiger partial charge in [0.05, 0.1) is 24.8 Å². The van der Waals surface area contributed by atoms with Crippen LogP contribution in [0.15, 0.2) is 36.4 Å². The van der Waals surface area contributed by atoms with E-state index >= 15 is 0 Å². The molecule has 0 spiro atoms. The molecule has 170 valence electrons. The minimum atomic E-state index is -4.47. The predicted octanol–water partition coefficient (Wildman–Crippen LogP) is 6.04. The number of methoxy groups -OCH3 is 2. The zero-order chi connectivity index (χ0) is 22.6. The molecule has 4 nitrogen and oxygen atoms in total.